The summed E-state index contributed by atoms with van der Waals surface area (Å²) in [6.45, 7) is 9.73. The predicted octanol–water partition coefficient (Wildman–Crippen LogP) is 3.31. The summed E-state index contributed by atoms with van der Waals surface area (Å²) < 4.78 is 12.7. The molecule has 0 saturated carbocycles. The van der Waals surface area contributed by atoms with E-state index in [1.54, 1.807) is 24.3 Å². The van der Waals surface area contributed by atoms with Crippen LogP contribution in [-0.4, -0.2) is 12.6 Å². The van der Waals surface area contributed by atoms with Gasteiger partial charge in [0.2, 0.25) is 0 Å². The highest BCUT2D eigenvalue weighted by Gasteiger charge is 2.00. The summed E-state index contributed by atoms with van der Waals surface area (Å²) in [5.74, 6) is -0.264. The SMILES string of the molecule is C=C(C)/C=C\C(=C)NC(=O)NCCc1ccc(F)cc1. The molecule has 3 nitrogen and oxygen atoms in total. The summed E-state index contributed by atoms with van der Waals surface area (Å²) in [4.78, 5) is 11.5. The van der Waals surface area contributed by atoms with Crippen LogP contribution in [0, 0.1) is 5.82 Å². The third-order valence-electron chi connectivity index (χ3n) is 2.46. The lowest BCUT2D eigenvalue weighted by Crippen LogP contribution is -2.35. The highest BCUT2D eigenvalue weighted by Crippen LogP contribution is 2.02. The molecule has 106 valence electrons. The number of carbonyl (C=O) groups is 1. The maximum absolute atomic E-state index is 12.7. The van der Waals surface area contributed by atoms with Crippen LogP contribution in [0.15, 0.2) is 60.8 Å². The van der Waals surface area contributed by atoms with Crippen LogP contribution in [0.25, 0.3) is 0 Å². The zero-order valence-electron chi connectivity index (χ0n) is 11.6. The topological polar surface area (TPSA) is 41.1 Å². The average molecular weight is 274 g/mol. The average Bonchev–Trinajstić information content (AvgIpc) is 2.38. The summed E-state index contributed by atoms with van der Waals surface area (Å²) in [5, 5.41) is 5.30. The number of rotatable bonds is 6. The van der Waals surface area contributed by atoms with Crippen molar-refractivity contribution < 1.29 is 9.18 Å². The molecule has 0 fully saturated rings. The molecule has 0 aliphatic heterocycles. The Morgan fingerprint density at radius 3 is 2.50 bits per heavy atom. The number of amides is 2. The summed E-state index contributed by atoms with van der Waals surface area (Å²) in [7, 11) is 0. The standard InChI is InChI=1S/C16H19FN2O/c1-12(2)4-5-13(3)19-16(20)18-11-10-14-6-8-15(17)9-7-14/h4-9H,1,3,10-11H2,2H3,(H2,18,19,20)/b5-4-. The minimum Gasteiger partial charge on any atom is -0.338 e. The van der Waals surface area contributed by atoms with E-state index in [1.165, 1.54) is 12.1 Å². The molecule has 0 atom stereocenters. The third kappa shape index (κ3) is 6.54. The second-order valence-electron chi connectivity index (χ2n) is 4.46. The lowest BCUT2D eigenvalue weighted by molar-refractivity contribution is 0.243. The molecule has 0 spiro atoms. The van der Waals surface area contributed by atoms with Gasteiger partial charge in [0.05, 0.1) is 0 Å². The van der Waals surface area contributed by atoms with Gasteiger partial charge in [-0.05, 0) is 37.1 Å². The highest BCUT2D eigenvalue weighted by molar-refractivity contribution is 5.76. The molecule has 0 aromatic heterocycles. The first-order chi connectivity index (χ1) is 9.47. The lowest BCUT2D eigenvalue weighted by Gasteiger charge is -2.07. The number of urea groups is 1. The Hall–Kier alpha value is -2.36. The first-order valence-corrected chi connectivity index (χ1v) is 6.29. The molecule has 2 N–H and O–H groups in total. The van der Waals surface area contributed by atoms with E-state index in [0.717, 1.165) is 11.1 Å². The normalized spacial score (nSPS) is 10.3. The fourth-order valence-corrected chi connectivity index (χ4v) is 1.45. The van der Waals surface area contributed by atoms with Gasteiger partial charge in [0, 0.05) is 12.2 Å². The molecule has 1 rings (SSSR count). The lowest BCUT2D eigenvalue weighted by atomic mass is 10.1. The maximum Gasteiger partial charge on any atom is 0.319 e. The molecule has 0 unspecified atom stereocenters. The highest BCUT2D eigenvalue weighted by atomic mass is 19.1. The van der Waals surface area contributed by atoms with Crippen LogP contribution in [-0.2, 0) is 6.42 Å². The number of nitrogens with one attached hydrogen (secondary N) is 2. The van der Waals surface area contributed by atoms with Crippen LogP contribution < -0.4 is 10.6 Å². The number of halogens is 1. The predicted molar refractivity (Wildman–Crippen MR) is 79.7 cm³/mol. The zero-order valence-corrected chi connectivity index (χ0v) is 11.6. The van der Waals surface area contributed by atoms with Crippen molar-refractivity contribution in [3.05, 3.63) is 72.2 Å². The van der Waals surface area contributed by atoms with Gasteiger partial charge in [-0.1, -0.05) is 36.9 Å². The van der Waals surface area contributed by atoms with Gasteiger partial charge in [-0.2, -0.15) is 0 Å². The van der Waals surface area contributed by atoms with E-state index >= 15 is 0 Å². The van der Waals surface area contributed by atoms with Crippen molar-refractivity contribution >= 4 is 6.03 Å². The molecule has 2 amide bonds. The van der Waals surface area contributed by atoms with Gasteiger partial charge >= 0.3 is 6.03 Å². The monoisotopic (exact) mass is 274 g/mol. The number of carbonyl (C=O) groups excluding carboxylic acids is 1. The van der Waals surface area contributed by atoms with Gasteiger partial charge in [0.25, 0.3) is 0 Å². The second kappa shape index (κ2) is 7.94. The van der Waals surface area contributed by atoms with Crippen molar-refractivity contribution in [1.82, 2.24) is 10.6 Å². The fraction of sp³-hybridized carbons (Fsp3) is 0.188. The summed E-state index contributed by atoms with van der Waals surface area (Å²) >= 11 is 0. The van der Waals surface area contributed by atoms with Crippen molar-refractivity contribution in [1.29, 1.82) is 0 Å². The van der Waals surface area contributed by atoms with Crippen molar-refractivity contribution in [2.24, 2.45) is 0 Å². The molecule has 0 bridgehead atoms. The van der Waals surface area contributed by atoms with Crippen LogP contribution in [0.5, 0.6) is 0 Å². The molecule has 0 saturated heterocycles. The van der Waals surface area contributed by atoms with Gasteiger partial charge in [-0.3, -0.25) is 0 Å². The van der Waals surface area contributed by atoms with E-state index in [4.69, 9.17) is 0 Å². The molecule has 4 heteroatoms. The molecule has 0 aliphatic rings. The minimum absolute atomic E-state index is 0.264. The molecular weight excluding hydrogens is 255 g/mol. The van der Waals surface area contributed by atoms with E-state index in [1.807, 2.05) is 6.92 Å². The fourth-order valence-electron chi connectivity index (χ4n) is 1.45. The molecule has 0 heterocycles. The number of hydrogen-bond acceptors (Lipinski definition) is 1. The van der Waals surface area contributed by atoms with E-state index in [-0.39, 0.29) is 11.8 Å². The summed E-state index contributed by atoms with van der Waals surface area (Å²) in [6, 6.07) is 5.88. The molecule has 20 heavy (non-hydrogen) atoms. The minimum atomic E-state index is -0.316. The van der Waals surface area contributed by atoms with Gasteiger partial charge in [0.1, 0.15) is 5.82 Å². The Kier molecular flexibility index (Phi) is 6.23. The Morgan fingerprint density at radius 1 is 1.25 bits per heavy atom. The van der Waals surface area contributed by atoms with Crippen LogP contribution in [0.4, 0.5) is 9.18 Å². The summed E-state index contributed by atoms with van der Waals surface area (Å²) in [6.07, 6.45) is 4.09. The third-order valence-corrected chi connectivity index (χ3v) is 2.46. The second-order valence-corrected chi connectivity index (χ2v) is 4.46. The first-order valence-electron chi connectivity index (χ1n) is 6.29. The Bertz CT molecular complexity index is 518. The van der Waals surface area contributed by atoms with E-state index in [0.29, 0.717) is 18.7 Å². The van der Waals surface area contributed by atoms with Crippen LogP contribution in [0.3, 0.4) is 0 Å². The van der Waals surface area contributed by atoms with Crippen LogP contribution >= 0.6 is 0 Å². The van der Waals surface area contributed by atoms with Crippen LogP contribution in [0.2, 0.25) is 0 Å². The molecule has 0 aliphatic carbocycles. The Labute approximate surface area is 118 Å². The van der Waals surface area contributed by atoms with Crippen molar-refractivity contribution in [3.63, 3.8) is 0 Å². The van der Waals surface area contributed by atoms with Gasteiger partial charge < -0.3 is 10.6 Å². The van der Waals surface area contributed by atoms with E-state index in [2.05, 4.69) is 23.8 Å². The van der Waals surface area contributed by atoms with Gasteiger partial charge in [-0.25, -0.2) is 9.18 Å². The number of allylic oxidation sites excluding steroid dienone is 3. The molecule has 1 aromatic carbocycles. The van der Waals surface area contributed by atoms with Crippen molar-refractivity contribution in [2.75, 3.05) is 6.54 Å². The smallest absolute Gasteiger partial charge is 0.319 e. The van der Waals surface area contributed by atoms with E-state index < -0.39 is 0 Å². The number of hydrogen-bond donors (Lipinski definition) is 2. The zero-order chi connectivity index (χ0) is 15.0. The van der Waals surface area contributed by atoms with Crippen molar-refractivity contribution in [3.8, 4) is 0 Å². The van der Waals surface area contributed by atoms with Gasteiger partial charge in [0.15, 0.2) is 0 Å². The largest absolute Gasteiger partial charge is 0.338 e. The summed E-state index contributed by atoms with van der Waals surface area (Å²) in [5.41, 5.74) is 2.34. The maximum atomic E-state index is 12.7. The molecule has 1 aromatic rings. The van der Waals surface area contributed by atoms with E-state index in [9.17, 15) is 9.18 Å². The Morgan fingerprint density at radius 2 is 1.90 bits per heavy atom. The Balaban J connectivity index is 2.28. The molecular formula is C16H19FN2O. The quantitative estimate of drug-likeness (QED) is 0.768. The van der Waals surface area contributed by atoms with Crippen molar-refractivity contribution in [2.45, 2.75) is 13.3 Å². The van der Waals surface area contributed by atoms with Crippen LogP contribution in [0.1, 0.15) is 12.5 Å². The number of benzene rings is 1. The van der Waals surface area contributed by atoms with Gasteiger partial charge in [-0.15, -0.1) is 0 Å². The first kappa shape index (κ1) is 15.7. The molecule has 0 radical (unpaired) electrons.